The quantitative estimate of drug-likeness (QED) is 0.673. The second-order valence-corrected chi connectivity index (χ2v) is 5.48. The fourth-order valence-electron chi connectivity index (χ4n) is 2.07. The van der Waals surface area contributed by atoms with Gasteiger partial charge in [0.15, 0.2) is 6.61 Å². The van der Waals surface area contributed by atoms with Crippen molar-refractivity contribution in [1.82, 2.24) is 9.78 Å². The van der Waals surface area contributed by atoms with Gasteiger partial charge < -0.3 is 10.5 Å². The van der Waals surface area contributed by atoms with E-state index in [-0.39, 0.29) is 30.1 Å². The summed E-state index contributed by atoms with van der Waals surface area (Å²) in [5.41, 5.74) is 4.17. The summed E-state index contributed by atoms with van der Waals surface area (Å²) >= 11 is 0. The second-order valence-electron chi connectivity index (χ2n) is 5.48. The van der Waals surface area contributed by atoms with E-state index in [0.29, 0.717) is 18.7 Å². The lowest BCUT2D eigenvalue weighted by Gasteiger charge is -2.21. The molecule has 13 heteroatoms. The number of hydrogen-bond donors (Lipinski definition) is 1. The van der Waals surface area contributed by atoms with E-state index in [1.54, 1.807) is 0 Å². The number of nitrogens with zero attached hydrogens (tertiary/aromatic N) is 2. The molecule has 0 aliphatic rings. The zero-order valence-corrected chi connectivity index (χ0v) is 14.6. The average Bonchev–Trinajstić information content (AvgIpc) is 3.00. The van der Waals surface area contributed by atoms with E-state index in [4.69, 9.17) is 5.73 Å². The molecular formula is C15H14ClF8N3O. The van der Waals surface area contributed by atoms with Gasteiger partial charge in [0.1, 0.15) is 5.75 Å². The molecule has 158 valence electrons. The Morgan fingerprint density at radius 2 is 1.64 bits per heavy atom. The first kappa shape index (κ1) is 24.0. The SMILES string of the molecule is Cl.NCCn1cc(-c2ccc(OCC(F)(F)C(F)(F)F)c(C(F)(F)F)c2)cn1. The van der Waals surface area contributed by atoms with Crippen LogP contribution < -0.4 is 10.5 Å². The van der Waals surface area contributed by atoms with E-state index in [1.807, 2.05) is 0 Å². The summed E-state index contributed by atoms with van der Waals surface area (Å²) in [6, 6.07) is 2.37. The standard InChI is InChI=1S/C15H13F8N3O.ClH/c16-13(17,15(21,22)23)8-27-12-2-1-9(5-11(12)14(18,19)20)10-6-25-26(7-10)4-3-24;/h1-2,5-7H,3-4,8,24H2;1H. The third kappa shape index (κ3) is 5.47. The molecule has 0 unspecified atom stereocenters. The molecule has 0 saturated heterocycles. The lowest BCUT2D eigenvalue weighted by Crippen LogP contribution is -2.42. The number of aromatic nitrogens is 2. The molecule has 0 spiro atoms. The molecule has 0 radical (unpaired) electrons. The Balaban J connectivity index is 0.00000392. The van der Waals surface area contributed by atoms with Crippen LogP contribution in [0.4, 0.5) is 35.1 Å². The van der Waals surface area contributed by atoms with Gasteiger partial charge in [-0.1, -0.05) is 6.07 Å². The van der Waals surface area contributed by atoms with Crippen molar-refractivity contribution in [2.45, 2.75) is 24.8 Å². The van der Waals surface area contributed by atoms with Crippen molar-refractivity contribution >= 4 is 12.4 Å². The number of ether oxygens (including phenoxy) is 1. The van der Waals surface area contributed by atoms with Crippen LogP contribution in [0.15, 0.2) is 30.6 Å². The molecule has 2 N–H and O–H groups in total. The minimum atomic E-state index is -5.94. The van der Waals surface area contributed by atoms with Gasteiger partial charge in [0.05, 0.1) is 18.3 Å². The Kier molecular flexibility index (Phi) is 7.29. The number of nitrogens with two attached hydrogens (primary N) is 1. The van der Waals surface area contributed by atoms with Gasteiger partial charge >= 0.3 is 18.3 Å². The van der Waals surface area contributed by atoms with Crippen molar-refractivity contribution in [3.63, 3.8) is 0 Å². The fourth-order valence-corrected chi connectivity index (χ4v) is 2.07. The van der Waals surface area contributed by atoms with Crippen LogP contribution >= 0.6 is 12.4 Å². The summed E-state index contributed by atoms with van der Waals surface area (Å²) in [7, 11) is 0. The third-order valence-corrected chi connectivity index (χ3v) is 3.43. The number of halogens is 9. The van der Waals surface area contributed by atoms with Crippen LogP contribution in [-0.4, -0.2) is 35.0 Å². The van der Waals surface area contributed by atoms with Gasteiger partial charge in [-0.2, -0.15) is 40.2 Å². The van der Waals surface area contributed by atoms with E-state index in [2.05, 4.69) is 9.84 Å². The Labute approximate surface area is 159 Å². The van der Waals surface area contributed by atoms with E-state index >= 15 is 0 Å². The Hall–Kier alpha value is -2.08. The van der Waals surface area contributed by atoms with Crippen molar-refractivity contribution in [3.05, 3.63) is 36.2 Å². The molecule has 0 bridgehead atoms. The first-order valence-electron chi connectivity index (χ1n) is 7.36. The Bertz CT molecular complexity index is 788. The van der Waals surface area contributed by atoms with Crippen molar-refractivity contribution in [2.24, 2.45) is 5.73 Å². The van der Waals surface area contributed by atoms with Gasteiger partial charge in [0.25, 0.3) is 0 Å². The molecular weight excluding hydrogens is 426 g/mol. The monoisotopic (exact) mass is 439 g/mol. The lowest BCUT2D eigenvalue weighted by atomic mass is 10.0. The maximum Gasteiger partial charge on any atom is 0.456 e. The van der Waals surface area contributed by atoms with Crippen LogP contribution in [0.3, 0.4) is 0 Å². The number of benzene rings is 1. The first-order valence-corrected chi connectivity index (χ1v) is 7.36. The molecule has 2 aromatic rings. The summed E-state index contributed by atoms with van der Waals surface area (Å²) in [6.45, 7) is -1.71. The van der Waals surface area contributed by atoms with Crippen LogP contribution in [0.25, 0.3) is 11.1 Å². The predicted molar refractivity (Wildman–Crippen MR) is 85.5 cm³/mol. The molecule has 0 aliphatic heterocycles. The smallest absolute Gasteiger partial charge is 0.456 e. The van der Waals surface area contributed by atoms with Crippen molar-refractivity contribution in [2.75, 3.05) is 13.2 Å². The molecule has 4 nitrogen and oxygen atoms in total. The Morgan fingerprint density at radius 3 is 2.18 bits per heavy atom. The van der Waals surface area contributed by atoms with E-state index < -0.39 is 36.2 Å². The van der Waals surface area contributed by atoms with Crippen molar-refractivity contribution in [1.29, 1.82) is 0 Å². The van der Waals surface area contributed by atoms with E-state index in [0.717, 1.165) is 6.07 Å². The minimum absolute atomic E-state index is 0. The number of rotatable bonds is 6. The van der Waals surface area contributed by atoms with Gasteiger partial charge in [-0.3, -0.25) is 4.68 Å². The normalized spacial score (nSPS) is 12.6. The number of hydrogen-bond acceptors (Lipinski definition) is 3. The summed E-state index contributed by atoms with van der Waals surface area (Å²) < 4.78 is 107. The molecule has 2 rings (SSSR count). The molecule has 0 fully saturated rings. The maximum absolute atomic E-state index is 13.2. The van der Waals surface area contributed by atoms with Gasteiger partial charge in [-0.05, 0) is 17.7 Å². The summed E-state index contributed by atoms with van der Waals surface area (Å²) in [6.07, 6.45) is -8.29. The van der Waals surface area contributed by atoms with Gasteiger partial charge in [-0.15, -0.1) is 12.4 Å². The van der Waals surface area contributed by atoms with Gasteiger partial charge in [0, 0.05) is 18.3 Å². The first-order chi connectivity index (χ1) is 12.3. The summed E-state index contributed by atoms with van der Waals surface area (Å²) in [4.78, 5) is 0. The van der Waals surface area contributed by atoms with Crippen molar-refractivity contribution < 1.29 is 39.9 Å². The minimum Gasteiger partial charge on any atom is -0.486 e. The highest BCUT2D eigenvalue weighted by molar-refractivity contribution is 5.85. The van der Waals surface area contributed by atoms with Gasteiger partial charge in [-0.25, -0.2) is 0 Å². The highest BCUT2D eigenvalue weighted by atomic mass is 35.5. The topological polar surface area (TPSA) is 53.1 Å². The Morgan fingerprint density at radius 1 is 1.00 bits per heavy atom. The van der Waals surface area contributed by atoms with Crippen LogP contribution in [-0.2, 0) is 12.7 Å². The second kappa shape index (κ2) is 8.52. The van der Waals surface area contributed by atoms with Crippen LogP contribution in [0.2, 0.25) is 0 Å². The molecule has 0 aliphatic carbocycles. The van der Waals surface area contributed by atoms with Crippen molar-refractivity contribution in [3.8, 4) is 16.9 Å². The van der Waals surface area contributed by atoms with Crippen LogP contribution in [0, 0.1) is 0 Å². The lowest BCUT2D eigenvalue weighted by molar-refractivity contribution is -0.290. The molecule has 1 aromatic heterocycles. The van der Waals surface area contributed by atoms with Crippen LogP contribution in [0.5, 0.6) is 5.75 Å². The molecule has 1 heterocycles. The molecule has 0 atom stereocenters. The summed E-state index contributed by atoms with van der Waals surface area (Å²) in [5, 5.41) is 3.89. The molecule has 0 amide bonds. The van der Waals surface area contributed by atoms with E-state index in [9.17, 15) is 35.1 Å². The predicted octanol–water partition coefficient (Wildman–Crippen LogP) is 4.53. The summed E-state index contributed by atoms with van der Waals surface area (Å²) in [5.74, 6) is -6.43. The molecule has 1 aromatic carbocycles. The van der Waals surface area contributed by atoms with E-state index in [1.165, 1.54) is 17.1 Å². The number of alkyl halides is 8. The highest BCUT2D eigenvalue weighted by Crippen LogP contribution is 2.41. The fraction of sp³-hybridized carbons (Fsp3) is 0.400. The third-order valence-electron chi connectivity index (χ3n) is 3.43. The molecule has 0 saturated carbocycles. The van der Waals surface area contributed by atoms with Crippen LogP contribution in [0.1, 0.15) is 5.56 Å². The van der Waals surface area contributed by atoms with Gasteiger partial charge in [0.2, 0.25) is 0 Å². The maximum atomic E-state index is 13.2. The largest absolute Gasteiger partial charge is 0.486 e. The zero-order valence-electron chi connectivity index (χ0n) is 13.8. The molecule has 28 heavy (non-hydrogen) atoms. The highest BCUT2D eigenvalue weighted by Gasteiger charge is 2.58. The zero-order chi connectivity index (χ0) is 20.5. The average molecular weight is 440 g/mol.